The van der Waals surface area contributed by atoms with Gasteiger partial charge in [0.05, 0.1) is 23.4 Å². The summed E-state index contributed by atoms with van der Waals surface area (Å²) in [6.07, 6.45) is 1.48. The van der Waals surface area contributed by atoms with Crippen LogP contribution in [0.4, 0.5) is 11.5 Å². The number of nitrogens with zero attached hydrogens (tertiary/aromatic N) is 1. The van der Waals surface area contributed by atoms with Gasteiger partial charge in [-0.15, -0.1) is 0 Å². The monoisotopic (exact) mass is 363 g/mol. The highest BCUT2D eigenvalue weighted by Crippen LogP contribution is 2.24. The van der Waals surface area contributed by atoms with E-state index in [1.807, 2.05) is 12.1 Å². The lowest BCUT2D eigenvalue weighted by Gasteiger charge is -2.19. The topological polar surface area (TPSA) is 80.3 Å². The van der Waals surface area contributed by atoms with Gasteiger partial charge in [0.1, 0.15) is 5.82 Å². The third-order valence-electron chi connectivity index (χ3n) is 3.66. The first-order valence-corrected chi connectivity index (χ1v) is 9.53. The molecule has 2 rings (SSSR count). The number of sulfonamides is 1. The lowest BCUT2D eigenvalue weighted by atomic mass is 9.87. The number of hydrogen-bond donors (Lipinski definition) is 2. The molecule has 0 aliphatic rings. The molecule has 0 radical (unpaired) electrons. The maximum absolute atomic E-state index is 12.5. The average molecular weight is 363 g/mol. The summed E-state index contributed by atoms with van der Waals surface area (Å²) in [6, 6.07) is 10.3. The molecule has 0 fully saturated rings. The third-order valence-corrected chi connectivity index (χ3v) is 5.06. The molecule has 0 aliphatic heterocycles. The Morgan fingerprint density at radius 1 is 1.08 bits per heavy atom. The molecule has 0 saturated carbocycles. The Kier molecular flexibility index (Phi) is 6.02. The van der Waals surface area contributed by atoms with Gasteiger partial charge in [-0.05, 0) is 35.2 Å². The van der Waals surface area contributed by atoms with E-state index in [1.165, 1.54) is 6.20 Å². The lowest BCUT2D eigenvalue weighted by molar-refractivity contribution is 0.210. The summed E-state index contributed by atoms with van der Waals surface area (Å²) in [6.45, 7) is 7.46. The standard InChI is InChI=1S/C18H25N3O3S/c1-18(2,3)14-5-8-16(9-6-14)25(22,23)21-15-7-10-17(20-13-15)19-11-12-24-4/h5-10,13,21H,11-12H2,1-4H3,(H,19,20). The number of nitrogens with one attached hydrogen (secondary N) is 2. The fraction of sp³-hybridized carbons (Fsp3) is 0.389. The van der Waals surface area contributed by atoms with Crippen molar-refractivity contribution in [3.8, 4) is 0 Å². The molecule has 1 heterocycles. The molecule has 136 valence electrons. The molecule has 0 unspecified atom stereocenters. The van der Waals surface area contributed by atoms with Crippen molar-refractivity contribution in [2.24, 2.45) is 0 Å². The molecule has 6 nitrogen and oxygen atoms in total. The number of anilines is 2. The van der Waals surface area contributed by atoms with Gasteiger partial charge in [-0.25, -0.2) is 13.4 Å². The van der Waals surface area contributed by atoms with Crippen molar-refractivity contribution in [2.45, 2.75) is 31.1 Å². The summed E-state index contributed by atoms with van der Waals surface area (Å²) >= 11 is 0. The van der Waals surface area contributed by atoms with Gasteiger partial charge in [0, 0.05) is 13.7 Å². The predicted octanol–water partition coefficient (Wildman–Crippen LogP) is 3.24. The Morgan fingerprint density at radius 2 is 1.76 bits per heavy atom. The molecular weight excluding hydrogens is 338 g/mol. The Labute approximate surface area is 149 Å². The highest BCUT2D eigenvalue weighted by Gasteiger charge is 2.17. The van der Waals surface area contributed by atoms with Crippen molar-refractivity contribution in [3.63, 3.8) is 0 Å². The van der Waals surface area contributed by atoms with E-state index in [-0.39, 0.29) is 10.3 Å². The number of benzene rings is 1. The summed E-state index contributed by atoms with van der Waals surface area (Å²) in [5.41, 5.74) is 1.47. The highest BCUT2D eigenvalue weighted by molar-refractivity contribution is 7.92. The van der Waals surface area contributed by atoms with Crippen LogP contribution in [0.2, 0.25) is 0 Å². The van der Waals surface area contributed by atoms with Crippen LogP contribution in [0.25, 0.3) is 0 Å². The van der Waals surface area contributed by atoms with Crippen molar-refractivity contribution >= 4 is 21.5 Å². The van der Waals surface area contributed by atoms with Crippen molar-refractivity contribution in [1.82, 2.24) is 4.98 Å². The van der Waals surface area contributed by atoms with Gasteiger partial charge in [-0.2, -0.15) is 0 Å². The van der Waals surface area contributed by atoms with Crippen molar-refractivity contribution in [2.75, 3.05) is 30.3 Å². The zero-order valence-electron chi connectivity index (χ0n) is 15.0. The molecule has 25 heavy (non-hydrogen) atoms. The minimum atomic E-state index is -3.64. The van der Waals surface area contributed by atoms with Gasteiger partial charge in [-0.3, -0.25) is 4.72 Å². The minimum absolute atomic E-state index is 0.0225. The van der Waals surface area contributed by atoms with Crippen LogP contribution in [0.5, 0.6) is 0 Å². The van der Waals surface area contributed by atoms with Crippen molar-refractivity contribution in [3.05, 3.63) is 48.2 Å². The largest absolute Gasteiger partial charge is 0.383 e. The summed E-state index contributed by atoms with van der Waals surface area (Å²) in [7, 11) is -2.01. The minimum Gasteiger partial charge on any atom is -0.383 e. The first-order chi connectivity index (χ1) is 11.7. The van der Waals surface area contributed by atoms with Gasteiger partial charge in [0.25, 0.3) is 10.0 Å². The normalized spacial score (nSPS) is 12.0. The van der Waals surface area contributed by atoms with Crippen LogP contribution in [-0.4, -0.2) is 33.7 Å². The van der Waals surface area contributed by atoms with E-state index < -0.39 is 10.0 Å². The van der Waals surface area contributed by atoms with E-state index in [9.17, 15) is 8.42 Å². The second-order valence-electron chi connectivity index (χ2n) is 6.73. The summed E-state index contributed by atoms with van der Waals surface area (Å²) in [4.78, 5) is 4.41. The first-order valence-electron chi connectivity index (χ1n) is 8.04. The maximum atomic E-state index is 12.5. The summed E-state index contributed by atoms with van der Waals surface area (Å²) in [5.74, 6) is 0.662. The van der Waals surface area contributed by atoms with Gasteiger partial charge < -0.3 is 10.1 Å². The van der Waals surface area contributed by atoms with Crippen LogP contribution >= 0.6 is 0 Å². The number of rotatable bonds is 7. The number of aromatic nitrogens is 1. The summed E-state index contributed by atoms with van der Waals surface area (Å²) in [5, 5.41) is 3.07. The SMILES string of the molecule is COCCNc1ccc(NS(=O)(=O)c2ccc(C(C)(C)C)cc2)cn1. The first kappa shape index (κ1) is 19.2. The van der Waals surface area contributed by atoms with E-state index in [1.54, 1.807) is 31.4 Å². The molecule has 0 saturated heterocycles. The third kappa shape index (κ3) is 5.44. The second-order valence-corrected chi connectivity index (χ2v) is 8.41. The van der Waals surface area contributed by atoms with Crippen LogP contribution in [0, 0.1) is 0 Å². The molecule has 0 spiro atoms. The van der Waals surface area contributed by atoms with E-state index >= 15 is 0 Å². The second kappa shape index (κ2) is 7.84. The smallest absolute Gasteiger partial charge is 0.261 e. The van der Waals surface area contributed by atoms with Crippen LogP contribution in [-0.2, 0) is 20.2 Å². The Morgan fingerprint density at radius 3 is 2.28 bits per heavy atom. The maximum Gasteiger partial charge on any atom is 0.261 e. The zero-order chi connectivity index (χ0) is 18.5. The molecule has 1 aromatic carbocycles. The molecule has 2 N–H and O–H groups in total. The van der Waals surface area contributed by atoms with E-state index in [0.29, 0.717) is 24.7 Å². The van der Waals surface area contributed by atoms with Crippen molar-refractivity contribution < 1.29 is 13.2 Å². The van der Waals surface area contributed by atoms with E-state index in [4.69, 9.17) is 4.74 Å². The van der Waals surface area contributed by atoms with Gasteiger partial charge in [-0.1, -0.05) is 32.9 Å². The average Bonchev–Trinajstić information content (AvgIpc) is 2.56. The fourth-order valence-corrected chi connectivity index (χ4v) is 3.23. The Balaban J connectivity index is 2.08. The van der Waals surface area contributed by atoms with Crippen molar-refractivity contribution in [1.29, 1.82) is 0 Å². The molecule has 1 aromatic heterocycles. The van der Waals surface area contributed by atoms with Gasteiger partial charge in [0.15, 0.2) is 0 Å². The van der Waals surface area contributed by atoms with E-state index in [0.717, 1.165) is 5.56 Å². The quantitative estimate of drug-likeness (QED) is 0.738. The number of pyridine rings is 1. The Bertz CT molecular complexity index is 780. The predicted molar refractivity (Wildman–Crippen MR) is 101 cm³/mol. The highest BCUT2D eigenvalue weighted by atomic mass is 32.2. The molecule has 7 heteroatoms. The zero-order valence-corrected chi connectivity index (χ0v) is 15.9. The van der Waals surface area contributed by atoms with E-state index in [2.05, 4.69) is 35.8 Å². The molecule has 0 aliphatic carbocycles. The molecule has 0 bridgehead atoms. The molecule has 2 aromatic rings. The van der Waals surface area contributed by atoms with Gasteiger partial charge in [0.2, 0.25) is 0 Å². The van der Waals surface area contributed by atoms with Crippen LogP contribution in [0.1, 0.15) is 26.3 Å². The Hall–Kier alpha value is -2.12. The number of hydrogen-bond acceptors (Lipinski definition) is 5. The lowest BCUT2D eigenvalue weighted by Crippen LogP contribution is -2.15. The van der Waals surface area contributed by atoms with Crippen LogP contribution < -0.4 is 10.0 Å². The fourth-order valence-electron chi connectivity index (χ4n) is 2.19. The molecular formula is C18H25N3O3S. The molecule has 0 atom stereocenters. The van der Waals surface area contributed by atoms with Gasteiger partial charge >= 0.3 is 0 Å². The summed E-state index contributed by atoms with van der Waals surface area (Å²) < 4.78 is 32.5. The van der Waals surface area contributed by atoms with Crippen LogP contribution in [0.15, 0.2) is 47.5 Å². The molecule has 0 amide bonds. The number of methoxy groups -OCH3 is 1. The van der Waals surface area contributed by atoms with Crippen LogP contribution in [0.3, 0.4) is 0 Å². The number of ether oxygens (including phenoxy) is 1.